The van der Waals surface area contributed by atoms with Crippen molar-refractivity contribution in [2.45, 2.75) is 43.9 Å². The first-order chi connectivity index (χ1) is 18.4. The first-order valence-corrected chi connectivity index (χ1v) is 13.7. The van der Waals surface area contributed by atoms with Crippen LogP contribution in [0.15, 0.2) is 71.6 Å². The highest BCUT2D eigenvalue weighted by Gasteiger charge is 2.37. The van der Waals surface area contributed by atoms with E-state index in [2.05, 4.69) is 4.74 Å². The van der Waals surface area contributed by atoms with E-state index in [0.717, 1.165) is 39.2 Å². The Morgan fingerprint density at radius 3 is 2.54 bits per heavy atom. The third-order valence-electron chi connectivity index (χ3n) is 6.52. The second-order valence-corrected chi connectivity index (χ2v) is 11.1. The van der Waals surface area contributed by atoms with Crippen LogP contribution >= 0.6 is 0 Å². The lowest BCUT2D eigenvalue weighted by atomic mass is 9.99. The molecule has 6 nitrogen and oxygen atoms in total. The van der Waals surface area contributed by atoms with E-state index in [1.54, 1.807) is 18.2 Å². The summed E-state index contributed by atoms with van der Waals surface area (Å²) in [4.78, 5) is 11.2. The molecule has 0 fully saturated rings. The van der Waals surface area contributed by atoms with Gasteiger partial charge in [0.25, 0.3) is 10.0 Å². The summed E-state index contributed by atoms with van der Waals surface area (Å²) in [6.07, 6.45) is -3.37. The Kier molecular flexibility index (Phi) is 8.06. The smallest absolute Gasteiger partial charge is 0.416 e. The number of hydrogen-bond acceptors (Lipinski definition) is 5. The standard InChI is InChI=1S/C29H28F3NO5S/c1-19-7-4-5-10-25(19)20(2)15-21-11-13-27-26(16-21)33(18-23(38-27)12-14-28(34)37-3)39(35,36)24-9-6-8-22(17-24)29(30,31)32/h4-11,13,15-17,23H,12,14,18H2,1-3H3. The van der Waals surface area contributed by atoms with Gasteiger partial charge in [-0.2, -0.15) is 13.2 Å². The number of fused-ring (bicyclic) bond motifs is 1. The lowest BCUT2D eigenvalue weighted by molar-refractivity contribution is -0.141. The molecule has 0 spiro atoms. The van der Waals surface area contributed by atoms with Gasteiger partial charge in [0.15, 0.2) is 0 Å². The number of aryl methyl sites for hydroxylation is 1. The Hall–Kier alpha value is -3.79. The number of ether oxygens (including phenoxy) is 2. The third-order valence-corrected chi connectivity index (χ3v) is 8.29. The molecule has 0 N–H and O–H groups in total. The number of anilines is 1. The summed E-state index contributed by atoms with van der Waals surface area (Å²) in [6, 6.07) is 16.5. The summed E-state index contributed by atoms with van der Waals surface area (Å²) in [6.45, 7) is 3.75. The molecule has 1 heterocycles. The summed E-state index contributed by atoms with van der Waals surface area (Å²) in [5.74, 6) is -0.235. The lowest BCUT2D eigenvalue weighted by Crippen LogP contribution is -2.43. The van der Waals surface area contributed by atoms with E-state index in [9.17, 15) is 26.4 Å². The molecule has 1 aliphatic heterocycles. The zero-order chi connectivity index (χ0) is 28.4. The number of halogens is 3. The number of benzene rings is 3. The zero-order valence-electron chi connectivity index (χ0n) is 21.7. The quantitative estimate of drug-likeness (QED) is 0.245. The number of alkyl halides is 3. The van der Waals surface area contributed by atoms with Gasteiger partial charge in [-0.3, -0.25) is 9.10 Å². The molecule has 0 saturated carbocycles. The highest BCUT2D eigenvalue weighted by molar-refractivity contribution is 7.92. The molecule has 1 unspecified atom stereocenters. The van der Waals surface area contributed by atoms with Crippen LogP contribution in [0.25, 0.3) is 11.6 Å². The number of carbonyl (C=O) groups is 1. The molecule has 10 heteroatoms. The minimum atomic E-state index is -4.71. The number of esters is 1. The van der Waals surface area contributed by atoms with Gasteiger partial charge < -0.3 is 9.47 Å². The fourth-order valence-corrected chi connectivity index (χ4v) is 6.03. The van der Waals surface area contributed by atoms with Gasteiger partial charge in [-0.05, 0) is 72.9 Å². The van der Waals surface area contributed by atoms with Gasteiger partial charge in [0.1, 0.15) is 11.9 Å². The Morgan fingerprint density at radius 1 is 1.10 bits per heavy atom. The number of hydrogen-bond donors (Lipinski definition) is 0. The van der Waals surface area contributed by atoms with Crippen LogP contribution in [0.5, 0.6) is 5.75 Å². The average Bonchev–Trinajstić information content (AvgIpc) is 2.91. The van der Waals surface area contributed by atoms with Gasteiger partial charge in [0.05, 0.1) is 29.8 Å². The van der Waals surface area contributed by atoms with Crippen LogP contribution in [0.1, 0.15) is 42.0 Å². The fourth-order valence-electron chi connectivity index (χ4n) is 4.48. The van der Waals surface area contributed by atoms with Crippen molar-refractivity contribution in [2.75, 3.05) is 18.0 Å². The summed E-state index contributed by atoms with van der Waals surface area (Å²) >= 11 is 0. The predicted molar refractivity (Wildman–Crippen MR) is 143 cm³/mol. The van der Waals surface area contributed by atoms with Gasteiger partial charge in [-0.25, -0.2) is 8.42 Å². The minimum absolute atomic E-state index is 0.00953. The average molecular weight is 560 g/mol. The fraction of sp³-hybridized carbons (Fsp3) is 0.276. The molecule has 0 radical (unpaired) electrons. The number of sulfonamides is 1. The van der Waals surface area contributed by atoms with Crippen LogP contribution in [-0.2, 0) is 25.7 Å². The maximum absolute atomic E-state index is 13.8. The maximum Gasteiger partial charge on any atom is 0.416 e. The monoisotopic (exact) mass is 559 g/mol. The van der Waals surface area contributed by atoms with E-state index in [1.807, 2.05) is 44.2 Å². The maximum atomic E-state index is 13.8. The number of allylic oxidation sites excluding steroid dienone is 1. The Balaban J connectivity index is 1.77. The number of nitrogens with zero attached hydrogens (tertiary/aromatic N) is 1. The molecule has 0 aliphatic carbocycles. The van der Waals surface area contributed by atoms with E-state index < -0.39 is 38.7 Å². The van der Waals surface area contributed by atoms with Crippen molar-refractivity contribution in [2.24, 2.45) is 0 Å². The molecule has 0 saturated heterocycles. The van der Waals surface area contributed by atoms with Gasteiger partial charge in [0, 0.05) is 6.42 Å². The summed E-state index contributed by atoms with van der Waals surface area (Å²) in [7, 11) is -3.18. The molecule has 0 bridgehead atoms. The van der Waals surface area contributed by atoms with E-state index in [-0.39, 0.29) is 30.8 Å². The van der Waals surface area contributed by atoms with Gasteiger partial charge in [-0.15, -0.1) is 0 Å². The van der Waals surface area contributed by atoms with Crippen molar-refractivity contribution in [3.05, 3.63) is 89.0 Å². The highest BCUT2D eigenvalue weighted by Crippen LogP contribution is 2.40. The molecular formula is C29H28F3NO5S. The molecule has 1 atom stereocenters. The molecule has 0 amide bonds. The van der Waals surface area contributed by atoms with Crippen LogP contribution in [0.3, 0.4) is 0 Å². The normalized spacial score (nSPS) is 15.9. The van der Waals surface area contributed by atoms with Crippen molar-refractivity contribution >= 4 is 33.3 Å². The van der Waals surface area contributed by atoms with Crippen LogP contribution < -0.4 is 9.04 Å². The lowest BCUT2D eigenvalue weighted by Gasteiger charge is -2.35. The van der Waals surface area contributed by atoms with Crippen LogP contribution in [-0.4, -0.2) is 34.1 Å². The molecule has 4 rings (SSSR count). The van der Waals surface area contributed by atoms with Crippen molar-refractivity contribution in [3.8, 4) is 5.75 Å². The molecule has 1 aliphatic rings. The molecule has 0 aromatic heterocycles. The zero-order valence-corrected chi connectivity index (χ0v) is 22.5. The van der Waals surface area contributed by atoms with E-state index in [1.165, 1.54) is 7.11 Å². The second kappa shape index (κ2) is 11.1. The number of carbonyl (C=O) groups excluding carboxylic acids is 1. The SMILES string of the molecule is COC(=O)CCC1CN(S(=O)(=O)c2cccc(C(F)(F)F)c2)c2cc(C=C(C)c3ccccc3C)ccc2O1. The molecule has 3 aromatic carbocycles. The first kappa shape index (κ1) is 28.2. The Labute approximate surface area is 225 Å². The molecule has 206 valence electrons. The molecule has 39 heavy (non-hydrogen) atoms. The predicted octanol–water partition coefficient (Wildman–Crippen LogP) is 6.48. The summed E-state index contributed by atoms with van der Waals surface area (Å²) < 4.78 is 79.4. The Morgan fingerprint density at radius 2 is 1.85 bits per heavy atom. The van der Waals surface area contributed by atoms with Crippen molar-refractivity contribution in [1.82, 2.24) is 0 Å². The van der Waals surface area contributed by atoms with Gasteiger partial charge in [0.2, 0.25) is 0 Å². The van der Waals surface area contributed by atoms with Gasteiger partial charge in [-0.1, -0.05) is 42.5 Å². The van der Waals surface area contributed by atoms with Crippen molar-refractivity contribution in [3.63, 3.8) is 0 Å². The minimum Gasteiger partial charge on any atom is -0.486 e. The van der Waals surface area contributed by atoms with Gasteiger partial charge >= 0.3 is 12.1 Å². The van der Waals surface area contributed by atoms with E-state index >= 15 is 0 Å². The van der Waals surface area contributed by atoms with E-state index in [0.29, 0.717) is 11.6 Å². The molecule has 3 aromatic rings. The van der Waals surface area contributed by atoms with Crippen molar-refractivity contribution in [1.29, 1.82) is 0 Å². The second-order valence-electron chi connectivity index (χ2n) is 9.29. The summed E-state index contributed by atoms with van der Waals surface area (Å²) in [5, 5.41) is 0. The topological polar surface area (TPSA) is 72.9 Å². The summed E-state index contributed by atoms with van der Waals surface area (Å²) in [5.41, 5.74) is 2.89. The Bertz CT molecular complexity index is 1520. The number of rotatable bonds is 7. The van der Waals surface area contributed by atoms with Crippen LogP contribution in [0, 0.1) is 6.92 Å². The van der Waals surface area contributed by atoms with E-state index in [4.69, 9.17) is 4.74 Å². The van der Waals surface area contributed by atoms with Crippen LogP contribution in [0.2, 0.25) is 0 Å². The third kappa shape index (κ3) is 6.27. The van der Waals surface area contributed by atoms with Crippen molar-refractivity contribution < 1.29 is 35.9 Å². The number of methoxy groups -OCH3 is 1. The molecular weight excluding hydrogens is 531 g/mol. The largest absolute Gasteiger partial charge is 0.486 e. The highest BCUT2D eigenvalue weighted by atomic mass is 32.2. The van der Waals surface area contributed by atoms with Crippen LogP contribution in [0.4, 0.5) is 18.9 Å². The first-order valence-electron chi connectivity index (χ1n) is 12.2.